The zero-order chi connectivity index (χ0) is 20.7. The Kier molecular flexibility index (Phi) is 4.50. The van der Waals surface area contributed by atoms with E-state index >= 15 is 0 Å². The summed E-state index contributed by atoms with van der Waals surface area (Å²) < 4.78 is 15.7. The van der Waals surface area contributed by atoms with E-state index in [4.69, 9.17) is 13.7 Å². The van der Waals surface area contributed by atoms with Crippen molar-refractivity contribution in [3.8, 4) is 17.3 Å². The molecule has 1 unspecified atom stereocenters. The van der Waals surface area contributed by atoms with Gasteiger partial charge in [-0.2, -0.15) is 4.98 Å². The molecular weight excluding hydrogens is 388 g/mol. The molecule has 0 radical (unpaired) electrons. The largest absolute Gasteiger partial charge is 0.497 e. The molecule has 1 aromatic carbocycles. The van der Waals surface area contributed by atoms with Crippen LogP contribution in [0.3, 0.4) is 0 Å². The van der Waals surface area contributed by atoms with Crippen LogP contribution in [0.2, 0.25) is 0 Å². The standard InChI is InChI=1S/C21H20N4O5/c1-28-16-6-4-15(5-7-16)25-12-13(9-18(25)26)21(27)24-10-14(11-24)20-22-19(23-30-20)17-3-2-8-29-17/h2-8,13-14H,9-12H2,1H3. The molecule has 154 valence electrons. The number of methoxy groups -OCH3 is 1. The van der Waals surface area contributed by atoms with Crippen LogP contribution in [-0.4, -0.2) is 53.6 Å². The molecule has 2 aliphatic heterocycles. The summed E-state index contributed by atoms with van der Waals surface area (Å²) in [7, 11) is 1.59. The van der Waals surface area contributed by atoms with Crippen LogP contribution in [0.4, 0.5) is 5.69 Å². The number of likely N-dealkylation sites (tertiary alicyclic amines) is 1. The highest BCUT2D eigenvalue weighted by atomic mass is 16.5. The van der Waals surface area contributed by atoms with Gasteiger partial charge in [0.1, 0.15) is 5.75 Å². The normalized spacial score (nSPS) is 19.2. The summed E-state index contributed by atoms with van der Waals surface area (Å²) in [5.41, 5.74) is 0.772. The highest BCUT2D eigenvalue weighted by Gasteiger charge is 2.42. The Morgan fingerprint density at radius 2 is 1.97 bits per heavy atom. The lowest BCUT2D eigenvalue weighted by Gasteiger charge is -2.38. The summed E-state index contributed by atoms with van der Waals surface area (Å²) >= 11 is 0. The number of amides is 2. The number of nitrogens with zero attached hydrogens (tertiary/aromatic N) is 4. The van der Waals surface area contributed by atoms with Crippen molar-refractivity contribution in [3.05, 3.63) is 48.6 Å². The van der Waals surface area contributed by atoms with Crippen LogP contribution in [0.1, 0.15) is 18.2 Å². The lowest BCUT2D eigenvalue weighted by Crippen LogP contribution is -2.51. The van der Waals surface area contributed by atoms with Crippen LogP contribution in [0, 0.1) is 5.92 Å². The first-order valence-corrected chi connectivity index (χ1v) is 9.73. The highest BCUT2D eigenvalue weighted by molar-refractivity contribution is 6.00. The van der Waals surface area contributed by atoms with E-state index in [9.17, 15) is 9.59 Å². The van der Waals surface area contributed by atoms with Crippen LogP contribution in [0.5, 0.6) is 5.75 Å². The third kappa shape index (κ3) is 3.22. The van der Waals surface area contributed by atoms with Crippen molar-refractivity contribution in [2.24, 2.45) is 5.92 Å². The third-order valence-electron chi connectivity index (χ3n) is 5.58. The summed E-state index contributed by atoms with van der Waals surface area (Å²) in [6.45, 7) is 1.39. The van der Waals surface area contributed by atoms with Crippen molar-refractivity contribution in [3.63, 3.8) is 0 Å². The monoisotopic (exact) mass is 408 g/mol. The first kappa shape index (κ1) is 18.4. The van der Waals surface area contributed by atoms with Crippen molar-refractivity contribution in [2.45, 2.75) is 12.3 Å². The molecule has 0 N–H and O–H groups in total. The number of ether oxygens (including phenoxy) is 1. The van der Waals surface area contributed by atoms with Crippen molar-refractivity contribution < 1.29 is 23.3 Å². The van der Waals surface area contributed by atoms with Gasteiger partial charge in [0.25, 0.3) is 0 Å². The van der Waals surface area contributed by atoms with Gasteiger partial charge in [0, 0.05) is 31.7 Å². The zero-order valence-corrected chi connectivity index (χ0v) is 16.4. The molecule has 9 nitrogen and oxygen atoms in total. The number of anilines is 1. The quantitative estimate of drug-likeness (QED) is 0.638. The van der Waals surface area contributed by atoms with Crippen molar-refractivity contribution in [2.75, 3.05) is 31.6 Å². The SMILES string of the molecule is COc1ccc(N2CC(C(=O)N3CC(c4nc(-c5ccco5)no4)C3)CC2=O)cc1. The molecule has 2 amide bonds. The van der Waals surface area contributed by atoms with E-state index in [0.29, 0.717) is 37.1 Å². The first-order valence-electron chi connectivity index (χ1n) is 9.73. The fourth-order valence-corrected chi connectivity index (χ4v) is 3.86. The van der Waals surface area contributed by atoms with E-state index < -0.39 is 0 Å². The Balaban J connectivity index is 1.19. The van der Waals surface area contributed by atoms with E-state index in [-0.39, 0.29) is 30.1 Å². The molecule has 2 aliphatic rings. The van der Waals surface area contributed by atoms with Gasteiger partial charge in [-0.25, -0.2) is 0 Å². The minimum atomic E-state index is -0.345. The Bertz CT molecular complexity index is 1050. The number of rotatable bonds is 5. The topological polar surface area (TPSA) is 102 Å². The highest BCUT2D eigenvalue weighted by Crippen LogP contribution is 2.32. The van der Waals surface area contributed by atoms with E-state index in [1.54, 1.807) is 47.4 Å². The second kappa shape index (κ2) is 7.33. The summed E-state index contributed by atoms with van der Waals surface area (Å²) in [6.07, 6.45) is 1.77. The molecule has 4 heterocycles. The number of carbonyl (C=O) groups excluding carboxylic acids is 2. The van der Waals surface area contributed by atoms with Gasteiger partial charge in [0.15, 0.2) is 5.76 Å². The minimum Gasteiger partial charge on any atom is -0.497 e. The average molecular weight is 408 g/mol. The molecule has 0 aliphatic carbocycles. The van der Waals surface area contributed by atoms with Gasteiger partial charge in [0.05, 0.1) is 25.2 Å². The predicted molar refractivity (Wildman–Crippen MR) is 105 cm³/mol. The van der Waals surface area contributed by atoms with Gasteiger partial charge in [-0.1, -0.05) is 5.16 Å². The van der Waals surface area contributed by atoms with Crippen molar-refractivity contribution >= 4 is 17.5 Å². The fourth-order valence-electron chi connectivity index (χ4n) is 3.86. The molecule has 1 atom stereocenters. The number of aromatic nitrogens is 2. The van der Waals surface area contributed by atoms with Gasteiger partial charge in [0.2, 0.25) is 23.5 Å². The van der Waals surface area contributed by atoms with E-state index in [1.807, 2.05) is 12.1 Å². The maximum atomic E-state index is 12.9. The molecule has 30 heavy (non-hydrogen) atoms. The first-order chi connectivity index (χ1) is 14.6. The zero-order valence-electron chi connectivity index (χ0n) is 16.4. The summed E-state index contributed by atoms with van der Waals surface area (Å²) in [4.78, 5) is 33.1. The molecular formula is C21H20N4O5. The summed E-state index contributed by atoms with van der Waals surface area (Å²) in [5.74, 6) is 1.75. The molecule has 2 fully saturated rings. The minimum absolute atomic E-state index is 0.0000388. The van der Waals surface area contributed by atoms with Gasteiger partial charge >= 0.3 is 0 Å². The Morgan fingerprint density at radius 1 is 1.17 bits per heavy atom. The lowest BCUT2D eigenvalue weighted by atomic mass is 9.96. The Morgan fingerprint density at radius 3 is 2.67 bits per heavy atom. The van der Waals surface area contributed by atoms with Gasteiger partial charge in [-0.3, -0.25) is 9.59 Å². The van der Waals surface area contributed by atoms with Crippen LogP contribution in [0.15, 0.2) is 51.6 Å². The number of furan rings is 1. The van der Waals surface area contributed by atoms with E-state index in [1.165, 1.54) is 0 Å². The van der Waals surface area contributed by atoms with Crippen LogP contribution < -0.4 is 9.64 Å². The Hall–Kier alpha value is -3.62. The van der Waals surface area contributed by atoms with Crippen molar-refractivity contribution in [1.82, 2.24) is 15.0 Å². The summed E-state index contributed by atoms with van der Waals surface area (Å²) in [5, 5.41) is 3.93. The second-order valence-electron chi connectivity index (χ2n) is 7.48. The molecule has 5 rings (SSSR count). The van der Waals surface area contributed by atoms with Gasteiger partial charge < -0.3 is 23.5 Å². The van der Waals surface area contributed by atoms with Crippen LogP contribution >= 0.6 is 0 Å². The van der Waals surface area contributed by atoms with Gasteiger partial charge in [-0.15, -0.1) is 0 Å². The lowest BCUT2D eigenvalue weighted by molar-refractivity contribution is -0.140. The fraction of sp³-hybridized carbons (Fsp3) is 0.333. The van der Waals surface area contributed by atoms with E-state index in [0.717, 1.165) is 11.4 Å². The third-order valence-corrected chi connectivity index (χ3v) is 5.58. The van der Waals surface area contributed by atoms with Crippen LogP contribution in [-0.2, 0) is 9.59 Å². The number of hydrogen-bond donors (Lipinski definition) is 0. The molecule has 0 saturated carbocycles. The molecule has 0 bridgehead atoms. The average Bonchev–Trinajstić information content (AvgIpc) is 3.47. The molecule has 2 saturated heterocycles. The number of hydrogen-bond acceptors (Lipinski definition) is 7. The second-order valence-corrected chi connectivity index (χ2v) is 7.48. The molecule has 9 heteroatoms. The molecule has 2 aromatic heterocycles. The van der Waals surface area contributed by atoms with Crippen LogP contribution in [0.25, 0.3) is 11.6 Å². The Labute approximate surface area is 172 Å². The number of benzene rings is 1. The van der Waals surface area contributed by atoms with Crippen molar-refractivity contribution in [1.29, 1.82) is 0 Å². The van der Waals surface area contributed by atoms with E-state index in [2.05, 4.69) is 10.1 Å². The maximum Gasteiger partial charge on any atom is 0.238 e. The smallest absolute Gasteiger partial charge is 0.238 e. The van der Waals surface area contributed by atoms with Gasteiger partial charge in [-0.05, 0) is 36.4 Å². The predicted octanol–water partition coefficient (Wildman–Crippen LogP) is 2.32. The molecule has 3 aromatic rings. The maximum absolute atomic E-state index is 12.9. The molecule has 0 spiro atoms. The summed E-state index contributed by atoms with van der Waals surface area (Å²) in [6, 6.07) is 10.8. The number of carbonyl (C=O) groups is 2.